The van der Waals surface area contributed by atoms with Crippen LogP contribution in [0.5, 0.6) is 0 Å². The first-order valence-corrected chi connectivity index (χ1v) is 5.17. The summed E-state index contributed by atoms with van der Waals surface area (Å²) in [5, 5.41) is 16.7. The van der Waals surface area contributed by atoms with Gasteiger partial charge in [-0.15, -0.1) is 0 Å². The van der Waals surface area contributed by atoms with Gasteiger partial charge in [-0.1, -0.05) is 0 Å². The molecule has 0 spiro atoms. The average Bonchev–Trinajstić information content (AvgIpc) is 2.80. The van der Waals surface area contributed by atoms with Crippen LogP contribution in [0.25, 0.3) is 0 Å². The van der Waals surface area contributed by atoms with Crippen molar-refractivity contribution in [2.75, 3.05) is 25.0 Å². The van der Waals surface area contributed by atoms with Crippen molar-refractivity contribution in [3.05, 3.63) is 22.5 Å². The Kier molecular flexibility index (Phi) is 3.25. The molecule has 0 amide bonds. The summed E-state index contributed by atoms with van der Waals surface area (Å²) in [6.07, 6.45) is 3.56. The molecule has 1 aromatic heterocycles. The van der Waals surface area contributed by atoms with E-state index in [1.54, 1.807) is 0 Å². The molecule has 2 N–H and O–H groups in total. The van der Waals surface area contributed by atoms with Gasteiger partial charge in [0.25, 0.3) is 0 Å². The van der Waals surface area contributed by atoms with Crippen LogP contribution >= 0.6 is 0 Å². The summed E-state index contributed by atoms with van der Waals surface area (Å²) in [6.45, 7) is 2.85. The van der Waals surface area contributed by atoms with E-state index >= 15 is 0 Å². The van der Waals surface area contributed by atoms with E-state index in [9.17, 15) is 10.1 Å². The quantitative estimate of drug-likeness (QED) is 0.567. The Morgan fingerprint density at radius 1 is 1.56 bits per heavy atom. The van der Waals surface area contributed by atoms with Crippen LogP contribution in [0.4, 0.5) is 11.6 Å². The lowest BCUT2D eigenvalue weighted by atomic mass is 10.1. The third-order valence-electron chi connectivity index (χ3n) is 2.56. The largest absolute Gasteiger partial charge is 0.354 e. The molecular formula is C9H13N5O2. The van der Waals surface area contributed by atoms with Gasteiger partial charge in [-0.05, 0) is 25.4 Å². The molecule has 1 unspecified atom stereocenters. The fourth-order valence-electron chi connectivity index (χ4n) is 1.63. The second-order valence-corrected chi connectivity index (χ2v) is 3.76. The Hall–Kier alpha value is -1.76. The van der Waals surface area contributed by atoms with Gasteiger partial charge in [0, 0.05) is 6.54 Å². The molecule has 0 saturated carbocycles. The predicted molar refractivity (Wildman–Crippen MR) is 58.2 cm³/mol. The van der Waals surface area contributed by atoms with Crippen LogP contribution in [-0.2, 0) is 0 Å². The van der Waals surface area contributed by atoms with Crippen molar-refractivity contribution < 1.29 is 4.92 Å². The van der Waals surface area contributed by atoms with Crippen molar-refractivity contribution in [1.29, 1.82) is 0 Å². The molecule has 0 aromatic carbocycles. The highest BCUT2D eigenvalue weighted by Crippen LogP contribution is 2.10. The molecule has 1 saturated heterocycles. The van der Waals surface area contributed by atoms with E-state index in [1.807, 2.05) is 0 Å². The fourth-order valence-corrected chi connectivity index (χ4v) is 1.63. The lowest BCUT2D eigenvalue weighted by molar-refractivity contribution is -0.385. The van der Waals surface area contributed by atoms with Gasteiger partial charge < -0.3 is 10.6 Å². The molecule has 1 atom stereocenters. The number of hydrogen-bond donors (Lipinski definition) is 2. The van der Waals surface area contributed by atoms with Gasteiger partial charge >= 0.3 is 5.69 Å². The van der Waals surface area contributed by atoms with Crippen molar-refractivity contribution in [3.8, 4) is 0 Å². The zero-order valence-electron chi connectivity index (χ0n) is 8.72. The fraction of sp³-hybridized carbons (Fsp3) is 0.556. The summed E-state index contributed by atoms with van der Waals surface area (Å²) in [5.74, 6) is 1.02. The van der Waals surface area contributed by atoms with E-state index < -0.39 is 4.92 Å². The lowest BCUT2D eigenvalue weighted by Crippen LogP contribution is -2.18. The van der Waals surface area contributed by atoms with Crippen molar-refractivity contribution in [2.45, 2.75) is 6.42 Å². The maximum absolute atomic E-state index is 10.4. The maximum atomic E-state index is 10.4. The SMILES string of the molecule is O=[N+]([O-])c1cnc(NCC2CCNC2)nc1. The summed E-state index contributed by atoms with van der Waals surface area (Å²) in [4.78, 5) is 17.6. The molecule has 16 heavy (non-hydrogen) atoms. The van der Waals surface area contributed by atoms with E-state index in [0.717, 1.165) is 26.1 Å². The molecule has 86 valence electrons. The van der Waals surface area contributed by atoms with Crippen molar-refractivity contribution in [3.63, 3.8) is 0 Å². The van der Waals surface area contributed by atoms with E-state index in [-0.39, 0.29) is 5.69 Å². The number of aromatic nitrogens is 2. The standard InChI is InChI=1S/C9H13N5O2/c15-14(16)8-5-12-9(13-6-8)11-4-7-1-2-10-3-7/h5-7,10H,1-4H2,(H,11,12,13). The van der Waals surface area contributed by atoms with Crippen LogP contribution in [-0.4, -0.2) is 34.5 Å². The van der Waals surface area contributed by atoms with E-state index in [2.05, 4.69) is 20.6 Å². The zero-order valence-corrected chi connectivity index (χ0v) is 8.72. The Labute approximate surface area is 92.4 Å². The first kappa shape index (κ1) is 10.7. The van der Waals surface area contributed by atoms with Crippen LogP contribution < -0.4 is 10.6 Å². The molecule has 7 heteroatoms. The van der Waals surface area contributed by atoms with E-state index in [4.69, 9.17) is 0 Å². The number of anilines is 1. The number of hydrogen-bond acceptors (Lipinski definition) is 6. The Bertz CT molecular complexity index is 361. The first-order valence-electron chi connectivity index (χ1n) is 5.17. The average molecular weight is 223 g/mol. The zero-order chi connectivity index (χ0) is 11.4. The third kappa shape index (κ3) is 2.63. The number of nitrogens with one attached hydrogen (secondary N) is 2. The molecule has 1 aliphatic heterocycles. The van der Waals surface area contributed by atoms with Gasteiger partial charge in [-0.25, -0.2) is 9.97 Å². The second kappa shape index (κ2) is 4.84. The van der Waals surface area contributed by atoms with Gasteiger partial charge in [0.1, 0.15) is 12.4 Å². The molecule has 0 bridgehead atoms. The van der Waals surface area contributed by atoms with E-state index in [1.165, 1.54) is 12.4 Å². The molecule has 0 radical (unpaired) electrons. The van der Waals surface area contributed by atoms with Crippen molar-refractivity contribution in [1.82, 2.24) is 15.3 Å². The van der Waals surface area contributed by atoms with Crippen LogP contribution in [0.2, 0.25) is 0 Å². The van der Waals surface area contributed by atoms with Gasteiger partial charge in [-0.2, -0.15) is 0 Å². The molecule has 1 aliphatic rings. The summed E-state index contributed by atoms with van der Waals surface area (Å²) in [6, 6.07) is 0. The molecular weight excluding hydrogens is 210 g/mol. The Balaban J connectivity index is 1.87. The molecule has 2 heterocycles. The third-order valence-corrected chi connectivity index (χ3v) is 2.56. The maximum Gasteiger partial charge on any atom is 0.305 e. The van der Waals surface area contributed by atoms with Crippen LogP contribution in [0, 0.1) is 16.0 Å². The smallest absolute Gasteiger partial charge is 0.305 e. The molecule has 2 rings (SSSR count). The van der Waals surface area contributed by atoms with E-state index in [0.29, 0.717) is 11.9 Å². The normalized spacial score (nSPS) is 19.6. The lowest BCUT2D eigenvalue weighted by Gasteiger charge is -2.08. The minimum atomic E-state index is -0.509. The van der Waals surface area contributed by atoms with Gasteiger partial charge in [-0.3, -0.25) is 10.1 Å². The molecule has 1 fully saturated rings. The number of nitro groups is 1. The highest BCUT2D eigenvalue weighted by molar-refractivity contribution is 5.30. The highest BCUT2D eigenvalue weighted by atomic mass is 16.6. The highest BCUT2D eigenvalue weighted by Gasteiger charge is 2.14. The topological polar surface area (TPSA) is 93.0 Å². The molecule has 7 nitrogen and oxygen atoms in total. The summed E-state index contributed by atoms with van der Waals surface area (Å²) >= 11 is 0. The Morgan fingerprint density at radius 2 is 2.31 bits per heavy atom. The second-order valence-electron chi connectivity index (χ2n) is 3.76. The predicted octanol–water partition coefficient (Wildman–Crippen LogP) is 0.406. The number of nitrogens with zero attached hydrogens (tertiary/aromatic N) is 3. The van der Waals surface area contributed by atoms with Gasteiger partial charge in [0.2, 0.25) is 5.95 Å². The monoisotopic (exact) mass is 223 g/mol. The number of rotatable bonds is 4. The Morgan fingerprint density at radius 3 is 2.88 bits per heavy atom. The summed E-state index contributed by atoms with van der Waals surface area (Å²) in [5.41, 5.74) is -0.0897. The van der Waals surface area contributed by atoms with Gasteiger partial charge in [0.05, 0.1) is 4.92 Å². The molecule has 0 aliphatic carbocycles. The molecule has 1 aromatic rings. The first-order chi connectivity index (χ1) is 7.75. The van der Waals surface area contributed by atoms with Crippen LogP contribution in [0.15, 0.2) is 12.4 Å². The van der Waals surface area contributed by atoms with Gasteiger partial charge in [0.15, 0.2) is 0 Å². The minimum Gasteiger partial charge on any atom is -0.354 e. The summed E-state index contributed by atoms with van der Waals surface area (Å²) < 4.78 is 0. The van der Waals surface area contributed by atoms with Crippen molar-refractivity contribution in [2.24, 2.45) is 5.92 Å². The summed E-state index contributed by atoms with van der Waals surface area (Å²) in [7, 11) is 0. The van der Waals surface area contributed by atoms with Crippen molar-refractivity contribution >= 4 is 11.6 Å². The van der Waals surface area contributed by atoms with Crippen LogP contribution in [0.3, 0.4) is 0 Å². The minimum absolute atomic E-state index is 0.0897. The van der Waals surface area contributed by atoms with Crippen LogP contribution in [0.1, 0.15) is 6.42 Å².